The van der Waals surface area contributed by atoms with E-state index in [1.165, 1.54) is 32.2 Å². The first-order chi connectivity index (χ1) is 16.0. The minimum Gasteiger partial charge on any atom is -0.364 e. The van der Waals surface area contributed by atoms with Crippen molar-refractivity contribution in [3.63, 3.8) is 0 Å². The molecule has 5 rings (SSSR count). The number of amides is 1. The minimum atomic E-state index is -2.88. The van der Waals surface area contributed by atoms with E-state index in [4.69, 9.17) is 5.73 Å². The van der Waals surface area contributed by atoms with Crippen LogP contribution in [0.4, 0.5) is 17.6 Å². The summed E-state index contributed by atoms with van der Waals surface area (Å²) in [6.07, 6.45) is 1.42. The molecule has 0 radical (unpaired) electrons. The van der Waals surface area contributed by atoms with Gasteiger partial charge < -0.3 is 10.7 Å². The van der Waals surface area contributed by atoms with Gasteiger partial charge in [0.1, 0.15) is 5.69 Å². The lowest BCUT2D eigenvalue weighted by atomic mass is 9.78. The third-order valence-electron chi connectivity index (χ3n) is 7.70. The predicted molar refractivity (Wildman–Crippen MR) is 118 cm³/mol. The van der Waals surface area contributed by atoms with Crippen molar-refractivity contribution in [1.82, 2.24) is 9.97 Å². The fraction of sp³-hybridized carbons (Fsp3) is 0.400. The molecule has 2 aliphatic rings. The third-order valence-corrected chi connectivity index (χ3v) is 7.70. The molecule has 2 aliphatic carbocycles. The van der Waals surface area contributed by atoms with Crippen LogP contribution >= 0.6 is 0 Å². The van der Waals surface area contributed by atoms with Crippen molar-refractivity contribution >= 4 is 16.8 Å². The molecule has 0 unspecified atom stereocenters. The summed E-state index contributed by atoms with van der Waals surface area (Å²) in [5.74, 6) is -8.12. The summed E-state index contributed by atoms with van der Waals surface area (Å²) in [6.45, 7) is 2.90. The molecule has 2 saturated carbocycles. The molecule has 9 heteroatoms. The largest absolute Gasteiger partial charge is 0.364 e. The van der Waals surface area contributed by atoms with Gasteiger partial charge >= 0.3 is 0 Å². The third kappa shape index (κ3) is 3.24. The number of hydrogen-bond acceptors (Lipinski definition) is 3. The molecule has 1 aromatic carbocycles. The van der Waals surface area contributed by atoms with Crippen molar-refractivity contribution in [2.24, 2.45) is 17.6 Å². The standard InChI is InChI=1S/C25H23F4N3O2/c1-10-7-13(11(2)22(27)21(10)26)19-12-3-5-25(28,29)15(12)8-14(19)17-9-18(33)20-16(32-17)4-6-31-23(20)24(30)34/h4,6-7,9,12,14-15,19H,3,5,8H2,1-2H3,(H2,30,34)(H,32,33)/t12-,14+,15-,19+/m1/s1. The van der Waals surface area contributed by atoms with Crippen molar-refractivity contribution in [2.45, 2.75) is 50.9 Å². The number of halogens is 4. The number of H-pyrrole nitrogens is 1. The average Bonchev–Trinajstić information content (AvgIpc) is 3.31. The highest BCUT2D eigenvalue weighted by Gasteiger charge is 2.59. The molecule has 5 nitrogen and oxygen atoms in total. The van der Waals surface area contributed by atoms with Gasteiger partial charge in [0, 0.05) is 36.2 Å². The fourth-order valence-electron chi connectivity index (χ4n) is 6.14. The molecule has 1 amide bonds. The maximum absolute atomic E-state index is 14.8. The van der Waals surface area contributed by atoms with Crippen LogP contribution in [0, 0.1) is 37.3 Å². The smallest absolute Gasteiger partial charge is 0.268 e. The van der Waals surface area contributed by atoms with Crippen molar-refractivity contribution < 1.29 is 22.4 Å². The number of carbonyl (C=O) groups excluding carboxylic acids is 1. The Morgan fingerprint density at radius 3 is 2.65 bits per heavy atom. The van der Waals surface area contributed by atoms with Crippen LogP contribution in [0.1, 0.15) is 64.0 Å². The zero-order chi connectivity index (χ0) is 24.5. The predicted octanol–water partition coefficient (Wildman–Crippen LogP) is 4.85. The second-order valence-electron chi connectivity index (χ2n) is 9.51. The van der Waals surface area contributed by atoms with Crippen molar-refractivity contribution in [3.8, 4) is 0 Å². The number of nitrogens with two attached hydrogens (primary N) is 1. The summed E-state index contributed by atoms with van der Waals surface area (Å²) in [7, 11) is 0. The normalized spacial score (nSPS) is 25.6. The van der Waals surface area contributed by atoms with E-state index in [9.17, 15) is 27.2 Å². The van der Waals surface area contributed by atoms with Gasteiger partial charge in [-0.2, -0.15) is 0 Å². The summed E-state index contributed by atoms with van der Waals surface area (Å²) < 4.78 is 58.5. The number of nitrogens with one attached hydrogen (secondary N) is 1. The van der Waals surface area contributed by atoms with Gasteiger partial charge in [-0.15, -0.1) is 0 Å². The number of benzene rings is 1. The van der Waals surface area contributed by atoms with Gasteiger partial charge in [-0.1, -0.05) is 6.07 Å². The van der Waals surface area contributed by atoms with Crippen LogP contribution in [0.2, 0.25) is 0 Å². The number of fused-ring (bicyclic) bond motifs is 2. The number of alkyl halides is 2. The SMILES string of the molecule is Cc1cc([C@@H]2[C@@H]3CCC(F)(F)[C@@H]3C[C@H]2c2cc(=O)c3c(C(N)=O)nccc3[nH]2)c(C)c(F)c1F. The lowest BCUT2D eigenvalue weighted by Gasteiger charge is -2.27. The molecule has 2 fully saturated rings. The number of aromatic nitrogens is 2. The van der Waals surface area contributed by atoms with E-state index in [2.05, 4.69) is 9.97 Å². The van der Waals surface area contributed by atoms with Crippen molar-refractivity contribution in [1.29, 1.82) is 0 Å². The molecule has 0 spiro atoms. The molecule has 0 aliphatic heterocycles. The molecule has 0 saturated heterocycles. The quantitative estimate of drug-likeness (QED) is 0.533. The Morgan fingerprint density at radius 2 is 1.94 bits per heavy atom. The summed E-state index contributed by atoms with van der Waals surface area (Å²) in [4.78, 5) is 31.7. The van der Waals surface area contributed by atoms with E-state index in [0.29, 0.717) is 16.8 Å². The number of carbonyl (C=O) groups is 1. The summed E-state index contributed by atoms with van der Waals surface area (Å²) in [5.41, 5.74) is 6.08. The van der Waals surface area contributed by atoms with Crippen LogP contribution in [0.25, 0.3) is 10.9 Å². The molecule has 178 valence electrons. The number of nitrogens with zero attached hydrogens (tertiary/aromatic N) is 1. The molecule has 3 aromatic rings. The highest BCUT2D eigenvalue weighted by atomic mass is 19.3. The lowest BCUT2D eigenvalue weighted by Crippen LogP contribution is -2.23. The Kier molecular flexibility index (Phi) is 5.07. The zero-order valence-electron chi connectivity index (χ0n) is 18.6. The second-order valence-corrected chi connectivity index (χ2v) is 9.51. The number of aryl methyl sites for hydroxylation is 1. The average molecular weight is 473 g/mol. The Labute approximate surface area is 192 Å². The molecule has 4 atom stereocenters. The van der Waals surface area contributed by atoms with Gasteiger partial charge in [-0.05, 0) is 61.3 Å². The van der Waals surface area contributed by atoms with Crippen LogP contribution in [-0.2, 0) is 0 Å². The molecule has 0 bridgehead atoms. The minimum absolute atomic E-state index is 0.0265. The molecule has 2 aromatic heterocycles. The molecule has 34 heavy (non-hydrogen) atoms. The topological polar surface area (TPSA) is 88.8 Å². The number of aromatic amines is 1. The van der Waals surface area contributed by atoms with Gasteiger partial charge in [0.2, 0.25) is 0 Å². The number of rotatable bonds is 3. The molecule has 3 N–H and O–H groups in total. The van der Waals surface area contributed by atoms with Gasteiger partial charge in [0.15, 0.2) is 17.1 Å². The van der Waals surface area contributed by atoms with Crippen LogP contribution in [0.15, 0.2) is 29.2 Å². The Bertz CT molecular complexity index is 1400. The number of primary amides is 1. The maximum atomic E-state index is 14.8. The summed E-state index contributed by atoms with van der Waals surface area (Å²) in [6, 6.07) is 4.34. The highest BCUT2D eigenvalue weighted by Crippen LogP contribution is 2.63. The van der Waals surface area contributed by atoms with Gasteiger partial charge in [0.05, 0.1) is 10.9 Å². The van der Waals surface area contributed by atoms with E-state index in [1.807, 2.05) is 0 Å². The van der Waals surface area contributed by atoms with Crippen LogP contribution < -0.4 is 11.2 Å². The lowest BCUT2D eigenvalue weighted by molar-refractivity contribution is -0.0415. The Hall–Kier alpha value is -3.23. The van der Waals surface area contributed by atoms with E-state index >= 15 is 0 Å². The first-order valence-corrected chi connectivity index (χ1v) is 11.2. The van der Waals surface area contributed by atoms with Crippen LogP contribution in [0.3, 0.4) is 0 Å². The first kappa shape index (κ1) is 22.6. The number of hydrogen-bond donors (Lipinski definition) is 2. The van der Waals surface area contributed by atoms with E-state index in [-0.39, 0.29) is 41.5 Å². The Morgan fingerprint density at radius 1 is 1.21 bits per heavy atom. The summed E-state index contributed by atoms with van der Waals surface area (Å²) in [5, 5.41) is 0.0265. The highest BCUT2D eigenvalue weighted by molar-refractivity contribution is 6.03. The van der Waals surface area contributed by atoms with E-state index in [0.717, 1.165) is 0 Å². The fourth-order valence-corrected chi connectivity index (χ4v) is 6.14. The molecular weight excluding hydrogens is 450 g/mol. The first-order valence-electron chi connectivity index (χ1n) is 11.2. The summed E-state index contributed by atoms with van der Waals surface area (Å²) >= 11 is 0. The van der Waals surface area contributed by atoms with Gasteiger partial charge in [-0.25, -0.2) is 17.6 Å². The second kappa shape index (κ2) is 7.65. The van der Waals surface area contributed by atoms with E-state index in [1.54, 1.807) is 6.07 Å². The van der Waals surface area contributed by atoms with Gasteiger partial charge in [0.25, 0.3) is 11.8 Å². The number of pyridine rings is 2. The van der Waals surface area contributed by atoms with Gasteiger partial charge in [-0.3, -0.25) is 14.6 Å². The molecule has 2 heterocycles. The Balaban J connectivity index is 1.71. The zero-order valence-corrected chi connectivity index (χ0v) is 18.6. The monoisotopic (exact) mass is 473 g/mol. The maximum Gasteiger partial charge on any atom is 0.268 e. The van der Waals surface area contributed by atoms with Crippen LogP contribution in [-0.4, -0.2) is 21.8 Å². The van der Waals surface area contributed by atoms with Crippen molar-refractivity contribution in [2.75, 3.05) is 0 Å². The van der Waals surface area contributed by atoms with Crippen LogP contribution in [0.5, 0.6) is 0 Å². The van der Waals surface area contributed by atoms with E-state index < -0.39 is 52.6 Å². The van der Waals surface area contributed by atoms with Crippen molar-refractivity contribution in [3.05, 3.63) is 74.3 Å². The molecular formula is C25H23F4N3O2.